The second-order valence-corrected chi connectivity index (χ2v) is 8.73. The molecule has 5 heterocycles. The van der Waals surface area contributed by atoms with Crippen molar-refractivity contribution < 1.29 is 14.3 Å². The Kier molecular flexibility index (Phi) is 5.53. The van der Waals surface area contributed by atoms with E-state index >= 15 is 0 Å². The van der Waals surface area contributed by atoms with Gasteiger partial charge in [-0.15, -0.1) is 0 Å². The fraction of sp³-hybridized carbons (Fsp3) is 0.280. The lowest BCUT2D eigenvalue weighted by Crippen LogP contribution is -2.35. The number of rotatable bonds is 5. The molecule has 182 valence electrons. The van der Waals surface area contributed by atoms with E-state index in [9.17, 15) is 9.59 Å². The third-order valence-electron chi connectivity index (χ3n) is 6.39. The van der Waals surface area contributed by atoms with E-state index in [1.807, 2.05) is 18.2 Å². The molecule has 1 atom stereocenters. The maximum absolute atomic E-state index is 12.7. The minimum Gasteiger partial charge on any atom is -0.481 e. The van der Waals surface area contributed by atoms with Crippen molar-refractivity contribution in [2.75, 3.05) is 19.0 Å². The third-order valence-corrected chi connectivity index (χ3v) is 6.39. The van der Waals surface area contributed by atoms with Crippen LogP contribution in [0.1, 0.15) is 23.4 Å². The zero-order valence-electron chi connectivity index (χ0n) is 19.5. The van der Waals surface area contributed by atoms with Gasteiger partial charge in [0.2, 0.25) is 5.88 Å². The van der Waals surface area contributed by atoms with Crippen LogP contribution in [0, 0.1) is 0 Å². The number of nitrogens with zero attached hydrogens (tertiary/aromatic N) is 5. The van der Waals surface area contributed by atoms with E-state index < -0.39 is 0 Å². The van der Waals surface area contributed by atoms with Gasteiger partial charge in [-0.1, -0.05) is 0 Å². The summed E-state index contributed by atoms with van der Waals surface area (Å²) in [6.45, 7) is 0.576. The summed E-state index contributed by atoms with van der Waals surface area (Å²) in [6, 6.07) is 9.45. The summed E-state index contributed by atoms with van der Waals surface area (Å²) in [5, 5.41) is 6.28. The third kappa shape index (κ3) is 4.13. The highest BCUT2D eigenvalue weighted by Crippen LogP contribution is 2.26. The Hall–Kier alpha value is -4.38. The lowest BCUT2D eigenvalue weighted by atomic mass is 9.91. The van der Waals surface area contributed by atoms with Crippen molar-refractivity contribution in [3.8, 4) is 17.3 Å². The van der Waals surface area contributed by atoms with Gasteiger partial charge in [0.1, 0.15) is 5.52 Å². The van der Waals surface area contributed by atoms with Gasteiger partial charge >= 0.3 is 0 Å². The molecule has 4 aromatic heterocycles. The molecule has 6 rings (SSSR count). The van der Waals surface area contributed by atoms with E-state index in [1.54, 1.807) is 18.3 Å². The van der Waals surface area contributed by atoms with Crippen molar-refractivity contribution in [2.24, 2.45) is 0 Å². The Morgan fingerprint density at radius 1 is 1.17 bits per heavy atom. The first-order valence-electron chi connectivity index (χ1n) is 11.6. The second kappa shape index (κ2) is 9.00. The molecule has 0 fully saturated rings. The van der Waals surface area contributed by atoms with E-state index in [1.165, 1.54) is 17.9 Å². The van der Waals surface area contributed by atoms with Crippen LogP contribution in [0.2, 0.25) is 0 Å². The fourth-order valence-corrected chi connectivity index (χ4v) is 4.58. The number of aromatic nitrogens is 5. The summed E-state index contributed by atoms with van der Waals surface area (Å²) < 4.78 is 12.1. The van der Waals surface area contributed by atoms with Crippen molar-refractivity contribution in [1.29, 1.82) is 0 Å². The van der Waals surface area contributed by atoms with Gasteiger partial charge in [-0.2, -0.15) is 4.98 Å². The first-order valence-corrected chi connectivity index (χ1v) is 11.6. The van der Waals surface area contributed by atoms with Crippen LogP contribution in [0.25, 0.3) is 16.9 Å². The molecule has 11 heteroatoms. The van der Waals surface area contributed by atoms with Gasteiger partial charge in [0, 0.05) is 30.8 Å². The van der Waals surface area contributed by atoms with Gasteiger partial charge in [0.15, 0.2) is 23.8 Å². The molecule has 36 heavy (non-hydrogen) atoms. The maximum Gasteiger partial charge on any atom is 0.275 e. The highest BCUT2D eigenvalue weighted by molar-refractivity contribution is 5.94. The summed E-state index contributed by atoms with van der Waals surface area (Å²) >= 11 is 0. The molecule has 0 spiro atoms. The summed E-state index contributed by atoms with van der Waals surface area (Å²) in [5.41, 5.74) is 4.33. The number of amides is 1. The molecule has 4 aromatic rings. The molecule has 0 bridgehead atoms. The predicted octanol–water partition coefficient (Wildman–Crippen LogP) is 1.56. The molecule has 1 aliphatic heterocycles. The van der Waals surface area contributed by atoms with E-state index in [0.29, 0.717) is 40.8 Å². The Morgan fingerprint density at radius 2 is 2.08 bits per heavy atom. The number of methoxy groups -OCH3 is 1. The summed E-state index contributed by atoms with van der Waals surface area (Å²) in [5.74, 6) is 1.25. The minimum absolute atomic E-state index is 0.0131. The van der Waals surface area contributed by atoms with Gasteiger partial charge in [-0.25, -0.2) is 9.97 Å². The first kappa shape index (κ1) is 22.1. The standard InChI is InChI=1S/C25H23N7O4/c1-35-22-7-5-18-25(31-22)32(23(34)12-28-18)17-8-14-2-3-15(9-19(14)27-11-17)26-10-16-4-6-20-24(29-16)30-21(33)13-36-20/h4-8,11-12,15,26H,2-3,9-10,13H2,1H3,(H,29,30,33)/t15-/m0/s1. The Morgan fingerprint density at radius 3 is 2.97 bits per heavy atom. The molecule has 2 aliphatic rings. The number of hydrogen-bond acceptors (Lipinski definition) is 9. The number of pyridine rings is 3. The SMILES string of the molecule is COc1ccc2ncc(=O)n(-c3cnc4c(c3)CC[C@H](NCc3ccc5c(n3)NC(=O)CO5)C4)c2n1. The molecule has 0 radical (unpaired) electrons. The quantitative estimate of drug-likeness (QED) is 0.432. The average molecular weight is 486 g/mol. The number of carbonyl (C=O) groups excluding carboxylic acids is 1. The fourth-order valence-electron chi connectivity index (χ4n) is 4.58. The van der Waals surface area contributed by atoms with Crippen LogP contribution in [-0.4, -0.2) is 50.2 Å². The van der Waals surface area contributed by atoms with E-state index in [-0.39, 0.29) is 24.1 Å². The van der Waals surface area contributed by atoms with Crippen molar-refractivity contribution in [3.63, 3.8) is 0 Å². The highest BCUT2D eigenvalue weighted by atomic mass is 16.5. The highest BCUT2D eigenvalue weighted by Gasteiger charge is 2.22. The monoisotopic (exact) mass is 485 g/mol. The molecule has 1 amide bonds. The van der Waals surface area contributed by atoms with Gasteiger partial charge in [-0.05, 0) is 42.7 Å². The van der Waals surface area contributed by atoms with Crippen LogP contribution in [0.3, 0.4) is 0 Å². The van der Waals surface area contributed by atoms with E-state index in [2.05, 4.69) is 25.6 Å². The minimum atomic E-state index is -0.278. The molecule has 0 saturated heterocycles. The van der Waals surface area contributed by atoms with Gasteiger partial charge < -0.3 is 20.1 Å². The number of nitrogens with one attached hydrogen (secondary N) is 2. The van der Waals surface area contributed by atoms with Crippen molar-refractivity contribution >= 4 is 22.9 Å². The van der Waals surface area contributed by atoms with Gasteiger partial charge in [-0.3, -0.25) is 19.1 Å². The van der Waals surface area contributed by atoms with Crippen LogP contribution in [0.15, 0.2) is 47.5 Å². The van der Waals surface area contributed by atoms with Crippen LogP contribution < -0.4 is 25.7 Å². The van der Waals surface area contributed by atoms with Crippen LogP contribution in [0.5, 0.6) is 11.6 Å². The zero-order chi connectivity index (χ0) is 24.6. The summed E-state index contributed by atoms with van der Waals surface area (Å²) in [4.78, 5) is 42.1. The van der Waals surface area contributed by atoms with Crippen LogP contribution in [0.4, 0.5) is 5.82 Å². The number of aryl methyl sites for hydroxylation is 1. The Bertz CT molecular complexity index is 1550. The molecule has 1 aliphatic carbocycles. The largest absolute Gasteiger partial charge is 0.481 e. The van der Waals surface area contributed by atoms with Crippen molar-refractivity contribution in [1.82, 2.24) is 29.8 Å². The molecule has 2 N–H and O–H groups in total. The lowest BCUT2D eigenvalue weighted by molar-refractivity contribution is -0.118. The molecule has 0 saturated carbocycles. The van der Waals surface area contributed by atoms with E-state index in [0.717, 1.165) is 36.2 Å². The number of fused-ring (bicyclic) bond motifs is 3. The normalized spacial score (nSPS) is 16.6. The topological polar surface area (TPSA) is 133 Å². The number of carbonyl (C=O) groups is 1. The number of anilines is 1. The number of hydrogen-bond donors (Lipinski definition) is 2. The molecule has 11 nitrogen and oxygen atoms in total. The van der Waals surface area contributed by atoms with Crippen molar-refractivity contribution in [3.05, 3.63) is 70.0 Å². The summed E-state index contributed by atoms with van der Waals surface area (Å²) in [6.07, 6.45) is 5.50. The van der Waals surface area contributed by atoms with Gasteiger partial charge in [0.05, 0.1) is 30.9 Å². The predicted molar refractivity (Wildman–Crippen MR) is 130 cm³/mol. The maximum atomic E-state index is 12.7. The molecular weight excluding hydrogens is 462 g/mol. The molecule has 0 unspecified atom stereocenters. The molecular formula is C25H23N7O4. The Balaban J connectivity index is 1.20. The molecule has 0 aromatic carbocycles. The van der Waals surface area contributed by atoms with Gasteiger partial charge in [0.25, 0.3) is 11.5 Å². The zero-order valence-corrected chi connectivity index (χ0v) is 19.5. The second-order valence-electron chi connectivity index (χ2n) is 8.73. The van der Waals surface area contributed by atoms with E-state index in [4.69, 9.17) is 14.5 Å². The first-order chi connectivity index (χ1) is 17.6. The lowest BCUT2D eigenvalue weighted by Gasteiger charge is -2.25. The average Bonchev–Trinajstić information content (AvgIpc) is 2.91. The Labute approximate surface area is 205 Å². The summed E-state index contributed by atoms with van der Waals surface area (Å²) in [7, 11) is 1.53. The van der Waals surface area contributed by atoms with Crippen LogP contribution in [-0.2, 0) is 24.2 Å². The van der Waals surface area contributed by atoms with Crippen molar-refractivity contribution in [2.45, 2.75) is 31.8 Å². The number of ether oxygens (including phenoxy) is 2. The van der Waals surface area contributed by atoms with Crippen LogP contribution >= 0.6 is 0 Å². The smallest absolute Gasteiger partial charge is 0.275 e.